The van der Waals surface area contributed by atoms with Gasteiger partial charge in [0, 0.05) is 19.3 Å². The molecule has 99 heavy (non-hydrogen) atoms. The van der Waals surface area contributed by atoms with E-state index in [4.69, 9.17) is 42.2 Å². The van der Waals surface area contributed by atoms with Gasteiger partial charge in [0.05, 0.1) is 13.2 Å². The van der Waals surface area contributed by atoms with Crippen molar-refractivity contribution in [1.29, 1.82) is 0 Å². The minimum Gasteiger partial charge on any atom is -0.463 e. The van der Waals surface area contributed by atoms with Gasteiger partial charge in [-0.1, -0.05) is 284 Å². The number of rotatable bonds is 62. The molecule has 3 rings (SSSR count). The number of phosphoric acid groups is 1. The summed E-state index contributed by atoms with van der Waals surface area (Å²) in [7, 11) is -5.69. The monoisotopic (exact) mass is 1440 g/mol. The zero-order chi connectivity index (χ0) is 72.5. The zero-order valence-electron chi connectivity index (χ0n) is 61.1. The Morgan fingerprint density at radius 1 is 0.354 bits per heavy atom. The van der Waals surface area contributed by atoms with Gasteiger partial charge in [0.15, 0.2) is 18.7 Å². The summed E-state index contributed by atoms with van der Waals surface area (Å²) in [6, 6.07) is 0. The van der Waals surface area contributed by atoms with Crippen LogP contribution in [0.4, 0.5) is 0 Å². The summed E-state index contributed by atoms with van der Waals surface area (Å²) in [6.07, 6.45) is 14.4. The number of aliphatic hydroxyl groups is 10. The van der Waals surface area contributed by atoms with E-state index in [-0.39, 0.29) is 19.3 Å². The van der Waals surface area contributed by atoms with Gasteiger partial charge in [-0.3, -0.25) is 23.4 Å². The number of carbonyl (C=O) groups is 3. The van der Waals surface area contributed by atoms with Gasteiger partial charge in [-0.05, 0) is 19.3 Å². The first-order valence-electron chi connectivity index (χ1n) is 39.3. The molecule has 1 saturated carbocycles. The molecule has 18 unspecified atom stereocenters. The second kappa shape index (κ2) is 56.3. The lowest BCUT2D eigenvalue weighted by atomic mass is 9.84. The van der Waals surface area contributed by atoms with Crippen LogP contribution in [0, 0.1) is 0 Å². The van der Waals surface area contributed by atoms with Crippen molar-refractivity contribution in [1.82, 2.24) is 0 Å². The SMILES string of the molecule is CCCCCCCCCCCCCCCCCCCC(=O)OCC1OC(OC2C(O)C(O)C(O)C(OC3OC(CO)C(O)C(O)C3O)C2OP(=O)(O)OCC(COC(=O)CCCCCCCCCCCCCCCCC)OC(=O)CCCCCCCCCCCCCC)C(O)C(O)C1O. The van der Waals surface area contributed by atoms with Crippen molar-refractivity contribution in [2.45, 2.75) is 427 Å². The molecule has 0 bridgehead atoms. The van der Waals surface area contributed by atoms with E-state index in [9.17, 15) is 74.9 Å². The maximum absolute atomic E-state index is 14.3. The van der Waals surface area contributed by atoms with Gasteiger partial charge in [0.25, 0.3) is 0 Å². The Balaban J connectivity index is 1.70. The predicted molar refractivity (Wildman–Crippen MR) is 375 cm³/mol. The molecule has 25 heteroatoms. The molecule has 0 aromatic heterocycles. The average Bonchev–Trinajstić information content (AvgIpc) is 0.763. The van der Waals surface area contributed by atoms with Crippen molar-refractivity contribution in [3.63, 3.8) is 0 Å². The summed E-state index contributed by atoms with van der Waals surface area (Å²) < 4.78 is 65.1. The highest BCUT2D eigenvalue weighted by atomic mass is 31.2. The molecule has 0 aromatic rings. The fourth-order valence-corrected chi connectivity index (χ4v) is 14.2. The Kier molecular flexibility index (Phi) is 51.9. The highest BCUT2D eigenvalue weighted by Crippen LogP contribution is 2.49. The van der Waals surface area contributed by atoms with Crippen LogP contribution < -0.4 is 0 Å². The molecular formula is C74H139O24P. The number of ether oxygens (including phenoxy) is 7. The Bertz CT molecular complexity index is 2050. The highest BCUT2D eigenvalue weighted by molar-refractivity contribution is 7.47. The fourth-order valence-electron chi connectivity index (χ4n) is 13.2. The van der Waals surface area contributed by atoms with Gasteiger partial charge in [-0.15, -0.1) is 0 Å². The molecule has 0 amide bonds. The van der Waals surface area contributed by atoms with E-state index in [0.717, 1.165) is 89.9 Å². The number of phosphoric ester groups is 1. The number of aliphatic hydroxyl groups excluding tert-OH is 10. The Morgan fingerprint density at radius 3 is 0.990 bits per heavy atom. The molecule has 0 spiro atoms. The molecular weight excluding hydrogens is 1300 g/mol. The maximum atomic E-state index is 14.3. The lowest BCUT2D eigenvalue weighted by Gasteiger charge is -2.49. The van der Waals surface area contributed by atoms with E-state index in [2.05, 4.69) is 20.8 Å². The molecule has 2 saturated heterocycles. The number of hydrogen-bond acceptors (Lipinski definition) is 23. The number of hydrogen-bond donors (Lipinski definition) is 11. The Hall–Kier alpha value is -2.04. The summed E-state index contributed by atoms with van der Waals surface area (Å²) in [6.45, 7) is 3.48. The number of carbonyl (C=O) groups excluding carboxylic acids is 3. The third-order valence-electron chi connectivity index (χ3n) is 19.6. The second-order valence-electron chi connectivity index (χ2n) is 28.4. The van der Waals surface area contributed by atoms with Crippen molar-refractivity contribution >= 4 is 25.7 Å². The summed E-state index contributed by atoms with van der Waals surface area (Å²) in [5, 5.41) is 110. The van der Waals surface area contributed by atoms with Gasteiger partial charge in [-0.2, -0.15) is 0 Å². The number of unbranched alkanes of at least 4 members (excludes halogenated alkanes) is 41. The van der Waals surface area contributed by atoms with E-state index in [1.54, 1.807) is 0 Å². The van der Waals surface area contributed by atoms with Crippen LogP contribution in [0.2, 0.25) is 0 Å². The quantitative estimate of drug-likeness (QED) is 0.0117. The summed E-state index contributed by atoms with van der Waals surface area (Å²) in [5.41, 5.74) is 0. The van der Waals surface area contributed by atoms with Crippen LogP contribution >= 0.6 is 7.82 Å². The van der Waals surface area contributed by atoms with Crippen LogP contribution in [-0.4, -0.2) is 204 Å². The van der Waals surface area contributed by atoms with Crippen molar-refractivity contribution in [3.8, 4) is 0 Å². The molecule has 0 radical (unpaired) electrons. The van der Waals surface area contributed by atoms with Crippen molar-refractivity contribution in [3.05, 3.63) is 0 Å². The van der Waals surface area contributed by atoms with Crippen LogP contribution in [0.3, 0.4) is 0 Å². The molecule has 3 fully saturated rings. The van der Waals surface area contributed by atoms with Crippen molar-refractivity contribution in [2.75, 3.05) is 26.4 Å². The van der Waals surface area contributed by atoms with Gasteiger partial charge < -0.3 is 89.1 Å². The standard InChI is InChI=1S/C74H139O24P/c1-4-7-10-13-16-19-22-25-27-28-30-32-35-37-40-43-46-49-59(77)91-54-57-62(80)64(82)69(87)74(95-57)97-71-67(85)65(83)66(84)70(96-73-68(86)63(81)61(79)56(51-75)94-73)72(71)98-99(88,89)92-53-55(93-60(78)50-47-44-41-38-33-24-21-18-15-12-9-6-3)52-90-58(76)48-45-42-39-36-34-31-29-26-23-20-17-14-11-8-5-2/h55-57,61-75,79-87H,4-54H2,1-3H3,(H,88,89). The number of esters is 3. The van der Waals surface area contributed by atoms with E-state index in [1.807, 2.05) is 0 Å². The van der Waals surface area contributed by atoms with E-state index in [0.29, 0.717) is 19.3 Å². The summed E-state index contributed by atoms with van der Waals surface area (Å²) in [4.78, 5) is 51.0. The molecule has 1 aliphatic carbocycles. The molecule has 11 N–H and O–H groups in total. The van der Waals surface area contributed by atoms with E-state index in [1.165, 1.54) is 173 Å². The molecule has 18 atom stereocenters. The van der Waals surface area contributed by atoms with Gasteiger partial charge in [-0.25, -0.2) is 4.57 Å². The third-order valence-corrected chi connectivity index (χ3v) is 20.6. The van der Waals surface area contributed by atoms with Gasteiger partial charge >= 0.3 is 25.7 Å². The fraction of sp³-hybridized carbons (Fsp3) is 0.959. The smallest absolute Gasteiger partial charge is 0.463 e. The minimum atomic E-state index is -5.69. The summed E-state index contributed by atoms with van der Waals surface area (Å²) >= 11 is 0. The molecule has 584 valence electrons. The second-order valence-corrected chi connectivity index (χ2v) is 29.8. The molecule has 3 aliphatic rings. The summed E-state index contributed by atoms with van der Waals surface area (Å²) in [5.74, 6) is -1.97. The molecule has 2 heterocycles. The zero-order valence-corrected chi connectivity index (χ0v) is 61.9. The highest BCUT2D eigenvalue weighted by Gasteiger charge is 2.58. The first-order valence-corrected chi connectivity index (χ1v) is 40.8. The first-order chi connectivity index (χ1) is 47.8. The van der Waals surface area contributed by atoms with Crippen LogP contribution in [0.15, 0.2) is 0 Å². The lowest BCUT2D eigenvalue weighted by molar-refractivity contribution is -0.360. The van der Waals surface area contributed by atoms with Gasteiger partial charge in [0.2, 0.25) is 0 Å². The van der Waals surface area contributed by atoms with Crippen molar-refractivity contribution in [2.24, 2.45) is 0 Å². The topological polar surface area (TPSA) is 374 Å². The van der Waals surface area contributed by atoms with Crippen LogP contribution in [0.25, 0.3) is 0 Å². The van der Waals surface area contributed by atoms with Crippen LogP contribution in [0.5, 0.6) is 0 Å². The van der Waals surface area contributed by atoms with Crippen LogP contribution in [-0.2, 0) is 61.2 Å². The molecule has 0 aromatic carbocycles. The normalized spacial score (nSPS) is 27.4. The first kappa shape index (κ1) is 91.2. The largest absolute Gasteiger partial charge is 0.472 e. The molecule has 24 nitrogen and oxygen atoms in total. The predicted octanol–water partition coefficient (Wildman–Crippen LogP) is 11.4. The third kappa shape index (κ3) is 39.2. The minimum absolute atomic E-state index is 0.0336. The average molecular weight is 1440 g/mol. The van der Waals surface area contributed by atoms with Crippen molar-refractivity contribution < 1.29 is 117 Å². The maximum Gasteiger partial charge on any atom is 0.472 e. The lowest BCUT2D eigenvalue weighted by Crippen LogP contribution is -2.69. The van der Waals surface area contributed by atoms with E-state index < -0.39 is 156 Å². The Labute approximate surface area is 593 Å². The van der Waals surface area contributed by atoms with E-state index >= 15 is 0 Å². The van der Waals surface area contributed by atoms with Gasteiger partial charge in [0.1, 0.15) is 98.7 Å². The van der Waals surface area contributed by atoms with Crippen LogP contribution in [0.1, 0.15) is 323 Å². The Morgan fingerprint density at radius 2 is 0.646 bits per heavy atom. The molecule has 2 aliphatic heterocycles.